The number of hydrogen-bond donors (Lipinski definition) is 2. The van der Waals surface area contributed by atoms with Gasteiger partial charge in [-0.2, -0.15) is 0 Å². The second-order valence-corrected chi connectivity index (χ2v) is 6.29. The number of rotatable bonds is 2. The molecule has 1 saturated carbocycles. The standard InChI is InChI=1S/C15H21NO2/c1-9-7-11(9)14(18)16-12-8-10(15(2,3)4)5-6-13(12)17/h5-6,8-9,11,17H,7H2,1-4H3,(H,16,18). The Morgan fingerprint density at radius 2 is 2.00 bits per heavy atom. The van der Waals surface area contributed by atoms with E-state index in [1.807, 2.05) is 12.1 Å². The maximum Gasteiger partial charge on any atom is 0.227 e. The summed E-state index contributed by atoms with van der Waals surface area (Å²) in [5, 5.41) is 12.6. The molecule has 3 heteroatoms. The number of nitrogens with one attached hydrogen (secondary N) is 1. The fourth-order valence-corrected chi connectivity index (χ4v) is 2.02. The average molecular weight is 247 g/mol. The maximum atomic E-state index is 11.9. The van der Waals surface area contributed by atoms with E-state index >= 15 is 0 Å². The molecule has 0 heterocycles. The van der Waals surface area contributed by atoms with E-state index in [2.05, 4.69) is 33.0 Å². The molecule has 0 aromatic heterocycles. The number of amides is 1. The molecule has 0 bridgehead atoms. The largest absolute Gasteiger partial charge is 0.506 e. The zero-order valence-electron chi connectivity index (χ0n) is 11.4. The molecule has 1 amide bonds. The molecule has 0 saturated heterocycles. The number of phenols is 1. The van der Waals surface area contributed by atoms with Crippen LogP contribution in [0.4, 0.5) is 5.69 Å². The quantitative estimate of drug-likeness (QED) is 0.788. The molecule has 1 aromatic carbocycles. The van der Waals surface area contributed by atoms with Gasteiger partial charge in [0.25, 0.3) is 0 Å². The van der Waals surface area contributed by atoms with Crippen LogP contribution in [0.15, 0.2) is 18.2 Å². The lowest BCUT2D eigenvalue weighted by molar-refractivity contribution is -0.117. The normalized spacial score (nSPS) is 22.7. The summed E-state index contributed by atoms with van der Waals surface area (Å²) in [5.41, 5.74) is 1.62. The highest BCUT2D eigenvalue weighted by molar-refractivity contribution is 5.95. The highest BCUT2D eigenvalue weighted by atomic mass is 16.3. The second kappa shape index (κ2) is 4.30. The number of carbonyl (C=O) groups is 1. The molecular formula is C15H21NO2. The van der Waals surface area contributed by atoms with E-state index < -0.39 is 0 Å². The third kappa shape index (κ3) is 2.66. The van der Waals surface area contributed by atoms with E-state index in [0.717, 1.165) is 12.0 Å². The van der Waals surface area contributed by atoms with Gasteiger partial charge in [-0.1, -0.05) is 33.8 Å². The maximum absolute atomic E-state index is 11.9. The van der Waals surface area contributed by atoms with Gasteiger partial charge >= 0.3 is 0 Å². The molecule has 2 atom stereocenters. The summed E-state index contributed by atoms with van der Waals surface area (Å²) in [4.78, 5) is 11.9. The topological polar surface area (TPSA) is 49.3 Å². The lowest BCUT2D eigenvalue weighted by atomic mass is 9.87. The predicted octanol–water partition coefficient (Wildman–Crippen LogP) is 3.28. The van der Waals surface area contributed by atoms with Gasteiger partial charge in [0.2, 0.25) is 5.91 Å². The van der Waals surface area contributed by atoms with E-state index in [4.69, 9.17) is 0 Å². The average Bonchev–Trinajstić information content (AvgIpc) is 2.97. The SMILES string of the molecule is CC1CC1C(=O)Nc1cc(C(C)(C)C)ccc1O. The van der Waals surface area contributed by atoms with Crippen molar-refractivity contribution < 1.29 is 9.90 Å². The Balaban J connectivity index is 2.19. The van der Waals surface area contributed by atoms with Crippen LogP contribution in [0, 0.1) is 11.8 Å². The molecule has 98 valence electrons. The molecule has 1 aliphatic carbocycles. The first-order valence-electron chi connectivity index (χ1n) is 6.43. The van der Waals surface area contributed by atoms with Crippen LogP contribution in [0.5, 0.6) is 5.75 Å². The van der Waals surface area contributed by atoms with Crippen molar-refractivity contribution in [3.05, 3.63) is 23.8 Å². The summed E-state index contributed by atoms with van der Waals surface area (Å²) in [5.74, 6) is 0.731. The van der Waals surface area contributed by atoms with Gasteiger partial charge in [0.15, 0.2) is 0 Å². The Morgan fingerprint density at radius 1 is 1.39 bits per heavy atom. The molecule has 0 spiro atoms. The number of aromatic hydroxyl groups is 1. The molecule has 0 aliphatic heterocycles. The number of phenolic OH excluding ortho intramolecular Hbond substituents is 1. The minimum absolute atomic E-state index is 0.0000496. The third-order valence-corrected chi connectivity index (χ3v) is 3.57. The fraction of sp³-hybridized carbons (Fsp3) is 0.533. The third-order valence-electron chi connectivity index (χ3n) is 3.57. The summed E-state index contributed by atoms with van der Waals surface area (Å²) in [7, 11) is 0. The molecule has 0 radical (unpaired) electrons. The van der Waals surface area contributed by atoms with Gasteiger partial charge in [0, 0.05) is 5.92 Å². The first kappa shape index (κ1) is 12.9. The Kier molecular flexibility index (Phi) is 3.09. The minimum atomic E-state index is 0.0000496. The minimum Gasteiger partial charge on any atom is -0.506 e. The van der Waals surface area contributed by atoms with Gasteiger partial charge in [-0.3, -0.25) is 4.79 Å². The van der Waals surface area contributed by atoms with Crippen molar-refractivity contribution in [1.29, 1.82) is 0 Å². The first-order chi connectivity index (χ1) is 8.29. The Hall–Kier alpha value is -1.51. The number of hydrogen-bond acceptors (Lipinski definition) is 2. The molecular weight excluding hydrogens is 226 g/mol. The van der Waals surface area contributed by atoms with Crippen LogP contribution >= 0.6 is 0 Å². The van der Waals surface area contributed by atoms with Crippen molar-refractivity contribution in [3.63, 3.8) is 0 Å². The van der Waals surface area contributed by atoms with Gasteiger partial charge in [0.1, 0.15) is 5.75 Å². The number of carbonyl (C=O) groups excluding carboxylic acids is 1. The van der Waals surface area contributed by atoms with Gasteiger partial charge in [0.05, 0.1) is 5.69 Å². The highest BCUT2D eigenvalue weighted by Gasteiger charge is 2.39. The van der Waals surface area contributed by atoms with Crippen LogP contribution in [0.2, 0.25) is 0 Å². The molecule has 1 aliphatic rings. The smallest absolute Gasteiger partial charge is 0.227 e. The van der Waals surface area contributed by atoms with Crippen LogP contribution in [0.25, 0.3) is 0 Å². The van der Waals surface area contributed by atoms with Crippen molar-refractivity contribution in [2.45, 2.75) is 39.5 Å². The fourth-order valence-electron chi connectivity index (χ4n) is 2.02. The van der Waals surface area contributed by atoms with E-state index in [1.54, 1.807) is 6.07 Å². The van der Waals surface area contributed by atoms with Crippen molar-refractivity contribution >= 4 is 11.6 Å². The van der Waals surface area contributed by atoms with Crippen molar-refractivity contribution in [2.75, 3.05) is 5.32 Å². The van der Waals surface area contributed by atoms with Crippen LogP contribution in [-0.2, 0) is 10.2 Å². The van der Waals surface area contributed by atoms with Crippen LogP contribution in [0.3, 0.4) is 0 Å². The molecule has 1 aromatic rings. The van der Waals surface area contributed by atoms with E-state index in [1.165, 1.54) is 0 Å². The zero-order valence-corrected chi connectivity index (χ0v) is 11.4. The van der Waals surface area contributed by atoms with Crippen LogP contribution < -0.4 is 5.32 Å². The predicted molar refractivity (Wildman–Crippen MR) is 72.7 cm³/mol. The summed E-state index contributed by atoms with van der Waals surface area (Å²) < 4.78 is 0. The van der Waals surface area contributed by atoms with Crippen molar-refractivity contribution in [1.82, 2.24) is 0 Å². The van der Waals surface area contributed by atoms with Gasteiger partial charge in [-0.15, -0.1) is 0 Å². The van der Waals surface area contributed by atoms with E-state index in [0.29, 0.717) is 11.6 Å². The summed E-state index contributed by atoms with van der Waals surface area (Å²) in [6, 6.07) is 5.40. The molecule has 2 rings (SSSR count). The number of anilines is 1. The molecule has 3 nitrogen and oxygen atoms in total. The lowest BCUT2D eigenvalue weighted by Gasteiger charge is -2.20. The van der Waals surface area contributed by atoms with E-state index in [-0.39, 0.29) is 23.0 Å². The van der Waals surface area contributed by atoms with Crippen LogP contribution in [-0.4, -0.2) is 11.0 Å². The van der Waals surface area contributed by atoms with Gasteiger partial charge < -0.3 is 10.4 Å². The second-order valence-electron chi connectivity index (χ2n) is 6.29. The van der Waals surface area contributed by atoms with Crippen molar-refractivity contribution in [2.24, 2.45) is 11.8 Å². The Labute approximate surface area is 108 Å². The highest BCUT2D eigenvalue weighted by Crippen LogP contribution is 2.39. The summed E-state index contributed by atoms with van der Waals surface area (Å²) in [6.45, 7) is 8.38. The molecule has 1 fully saturated rings. The Bertz CT molecular complexity index is 474. The Morgan fingerprint density at radius 3 is 2.50 bits per heavy atom. The van der Waals surface area contributed by atoms with E-state index in [9.17, 15) is 9.90 Å². The van der Waals surface area contributed by atoms with Gasteiger partial charge in [-0.05, 0) is 35.4 Å². The van der Waals surface area contributed by atoms with Crippen LogP contribution in [0.1, 0.15) is 39.7 Å². The molecule has 2 N–H and O–H groups in total. The van der Waals surface area contributed by atoms with Gasteiger partial charge in [-0.25, -0.2) is 0 Å². The monoisotopic (exact) mass is 247 g/mol. The lowest BCUT2D eigenvalue weighted by Crippen LogP contribution is -2.16. The summed E-state index contributed by atoms with van der Waals surface area (Å²) in [6.07, 6.45) is 0.950. The summed E-state index contributed by atoms with van der Waals surface area (Å²) >= 11 is 0. The molecule has 2 unspecified atom stereocenters. The zero-order chi connectivity index (χ0) is 13.5. The first-order valence-corrected chi connectivity index (χ1v) is 6.43. The number of benzene rings is 1. The van der Waals surface area contributed by atoms with Crippen molar-refractivity contribution in [3.8, 4) is 5.75 Å². The molecule has 18 heavy (non-hydrogen) atoms.